The first-order valence-corrected chi connectivity index (χ1v) is 6.56. The van der Waals surface area contributed by atoms with Crippen LogP contribution in [0.2, 0.25) is 0 Å². The summed E-state index contributed by atoms with van der Waals surface area (Å²) in [6, 6.07) is 0. The zero-order valence-corrected chi connectivity index (χ0v) is 9.35. The van der Waals surface area contributed by atoms with Crippen molar-refractivity contribution in [1.82, 2.24) is 0 Å². The molecule has 0 aromatic carbocycles. The lowest BCUT2D eigenvalue weighted by Crippen LogP contribution is -2.26. The molecule has 0 aromatic rings. The highest BCUT2D eigenvalue weighted by atomic mass is 79.9. The monoisotopic (exact) mass is 230 g/mol. The zero-order valence-electron chi connectivity index (χ0n) is 7.77. The van der Waals surface area contributed by atoms with E-state index in [4.69, 9.17) is 0 Å². The molecule has 2 unspecified atom stereocenters. The fourth-order valence-corrected chi connectivity index (χ4v) is 3.91. The maximum atomic E-state index is 3.56. The lowest BCUT2D eigenvalue weighted by Gasteiger charge is -2.38. The Bertz CT molecular complexity index is 132. The highest BCUT2D eigenvalue weighted by Crippen LogP contribution is 2.43. The number of fused-ring (bicyclic) bond motifs is 2. The van der Waals surface area contributed by atoms with E-state index in [0.717, 1.165) is 17.8 Å². The zero-order chi connectivity index (χ0) is 8.39. The van der Waals surface area contributed by atoms with Crippen molar-refractivity contribution in [2.45, 2.75) is 44.9 Å². The van der Waals surface area contributed by atoms with E-state index in [2.05, 4.69) is 15.9 Å². The minimum atomic E-state index is 1.06. The summed E-state index contributed by atoms with van der Waals surface area (Å²) >= 11 is 3.56. The van der Waals surface area contributed by atoms with Crippen LogP contribution in [-0.2, 0) is 0 Å². The van der Waals surface area contributed by atoms with Crippen molar-refractivity contribution in [2.75, 3.05) is 5.33 Å². The quantitative estimate of drug-likeness (QED) is 0.630. The molecule has 2 atom stereocenters. The maximum absolute atomic E-state index is 3.56. The van der Waals surface area contributed by atoms with Gasteiger partial charge in [0.15, 0.2) is 0 Å². The van der Waals surface area contributed by atoms with Gasteiger partial charge in [-0.05, 0) is 43.4 Å². The molecule has 70 valence electrons. The molecule has 0 nitrogen and oxygen atoms in total. The molecule has 2 bridgehead atoms. The summed E-state index contributed by atoms with van der Waals surface area (Å²) < 4.78 is 0. The van der Waals surface area contributed by atoms with E-state index in [1.54, 1.807) is 19.3 Å². The molecular formula is C11H19Br. The van der Waals surface area contributed by atoms with Gasteiger partial charge in [-0.15, -0.1) is 0 Å². The summed E-state index contributed by atoms with van der Waals surface area (Å²) in [5.41, 5.74) is 0. The van der Waals surface area contributed by atoms with Gasteiger partial charge in [-0.1, -0.05) is 35.2 Å². The highest BCUT2D eigenvalue weighted by Gasteiger charge is 2.30. The average Bonchev–Trinajstić information content (AvgIpc) is 2.04. The van der Waals surface area contributed by atoms with Gasteiger partial charge in [0.2, 0.25) is 0 Å². The van der Waals surface area contributed by atoms with E-state index in [9.17, 15) is 0 Å². The Kier molecular flexibility index (Phi) is 3.11. The van der Waals surface area contributed by atoms with Crippen LogP contribution in [0.1, 0.15) is 44.9 Å². The molecule has 0 radical (unpaired) electrons. The van der Waals surface area contributed by atoms with Crippen molar-refractivity contribution in [3.8, 4) is 0 Å². The molecule has 2 rings (SSSR count). The van der Waals surface area contributed by atoms with E-state index in [1.807, 2.05) is 0 Å². The van der Waals surface area contributed by atoms with Crippen molar-refractivity contribution < 1.29 is 0 Å². The van der Waals surface area contributed by atoms with Gasteiger partial charge in [0.1, 0.15) is 0 Å². The first-order valence-electron chi connectivity index (χ1n) is 5.44. The van der Waals surface area contributed by atoms with E-state index in [0.29, 0.717) is 0 Å². The third kappa shape index (κ3) is 2.04. The lowest BCUT2D eigenvalue weighted by molar-refractivity contribution is 0.136. The Balaban J connectivity index is 1.87. The molecule has 1 heteroatoms. The van der Waals surface area contributed by atoms with Crippen LogP contribution in [0.3, 0.4) is 0 Å². The van der Waals surface area contributed by atoms with Gasteiger partial charge in [0.25, 0.3) is 0 Å². The second-order valence-electron chi connectivity index (χ2n) is 4.71. The van der Waals surface area contributed by atoms with Crippen LogP contribution in [0.15, 0.2) is 0 Å². The molecule has 0 aliphatic heterocycles. The second kappa shape index (κ2) is 4.13. The number of hydrogen-bond acceptors (Lipinski definition) is 0. The third-order valence-electron chi connectivity index (χ3n) is 3.74. The SMILES string of the molecule is BrCCC1CC2CCCC(C1)C2. The van der Waals surface area contributed by atoms with Crippen molar-refractivity contribution in [3.05, 3.63) is 0 Å². The predicted molar refractivity (Wildman–Crippen MR) is 56.6 cm³/mol. The smallest absolute Gasteiger partial charge is 0.00339 e. The minimum absolute atomic E-state index is 1.06. The molecule has 2 fully saturated rings. The van der Waals surface area contributed by atoms with E-state index in [1.165, 1.54) is 31.0 Å². The number of hydrogen-bond donors (Lipinski definition) is 0. The number of rotatable bonds is 2. The second-order valence-corrected chi connectivity index (χ2v) is 5.51. The molecule has 0 heterocycles. The van der Waals surface area contributed by atoms with E-state index in [-0.39, 0.29) is 0 Å². The third-order valence-corrected chi connectivity index (χ3v) is 4.20. The van der Waals surface area contributed by atoms with Gasteiger partial charge in [-0.2, -0.15) is 0 Å². The van der Waals surface area contributed by atoms with Gasteiger partial charge in [0.05, 0.1) is 0 Å². The van der Waals surface area contributed by atoms with Crippen LogP contribution in [0.25, 0.3) is 0 Å². The van der Waals surface area contributed by atoms with Crippen LogP contribution >= 0.6 is 15.9 Å². The summed E-state index contributed by atoms with van der Waals surface area (Å²) in [6.07, 6.45) is 10.7. The van der Waals surface area contributed by atoms with Gasteiger partial charge >= 0.3 is 0 Å². The Hall–Kier alpha value is 0.480. The molecule has 0 N–H and O–H groups in total. The average molecular weight is 231 g/mol. The van der Waals surface area contributed by atoms with Gasteiger partial charge in [0, 0.05) is 5.33 Å². The van der Waals surface area contributed by atoms with Crippen molar-refractivity contribution >= 4 is 15.9 Å². The van der Waals surface area contributed by atoms with Gasteiger partial charge < -0.3 is 0 Å². The maximum Gasteiger partial charge on any atom is 0.00339 e. The molecule has 2 aliphatic carbocycles. The molecule has 0 aromatic heterocycles. The van der Waals surface area contributed by atoms with Crippen molar-refractivity contribution in [3.63, 3.8) is 0 Å². The Morgan fingerprint density at radius 1 is 1.00 bits per heavy atom. The molecule has 0 saturated heterocycles. The van der Waals surface area contributed by atoms with Gasteiger partial charge in [-0.25, -0.2) is 0 Å². The Morgan fingerprint density at radius 3 is 2.25 bits per heavy atom. The first-order chi connectivity index (χ1) is 5.88. The molecule has 2 saturated carbocycles. The van der Waals surface area contributed by atoms with Crippen molar-refractivity contribution in [2.24, 2.45) is 17.8 Å². The fourth-order valence-electron chi connectivity index (χ4n) is 3.26. The van der Waals surface area contributed by atoms with Crippen LogP contribution in [0.4, 0.5) is 0 Å². The summed E-state index contributed by atoms with van der Waals surface area (Å²) in [4.78, 5) is 0. The predicted octanol–water partition coefficient (Wildman–Crippen LogP) is 3.99. The van der Waals surface area contributed by atoms with Crippen LogP contribution < -0.4 is 0 Å². The van der Waals surface area contributed by atoms with Crippen LogP contribution in [-0.4, -0.2) is 5.33 Å². The van der Waals surface area contributed by atoms with Crippen molar-refractivity contribution in [1.29, 1.82) is 0 Å². The standard InChI is InChI=1S/C11H19Br/c12-5-4-11-7-9-2-1-3-10(6-9)8-11/h9-11H,1-8H2. The Morgan fingerprint density at radius 2 is 1.67 bits per heavy atom. The molecule has 12 heavy (non-hydrogen) atoms. The van der Waals surface area contributed by atoms with E-state index >= 15 is 0 Å². The largest absolute Gasteiger partial charge is 0.0928 e. The first kappa shape index (κ1) is 9.05. The molecule has 0 amide bonds. The topological polar surface area (TPSA) is 0 Å². The van der Waals surface area contributed by atoms with Gasteiger partial charge in [-0.3, -0.25) is 0 Å². The van der Waals surface area contributed by atoms with Crippen LogP contribution in [0, 0.1) is 17.8 Å². The summed E-state index contributed by atoms with van der Waals surface area (Å²) in [6.45, 7) is 0. The normalized spacial score (nSPS) is 41.2. The van der Waals surface area contributed by atoms with E-state index < -0.39 is 0 Å². The molecule has 2 aliphatic rings. The highest BCUT2D eigenvalue weighted by molar-refractivity contribution is 9.09. The lowest BCUT2D eigenvalue weighted by atomic mass is 9.67. The fraction of sp³-hybridized carbons (Fsp3) is 1.00. The number of halogens is 1. The van der Waals surface area contributed by atoms with Crippen LogP contribution in [0.5, 0.6) is 0 Å². The number of alkyl halides is 1. The summed E-state index contributed by atoms with van der Waals surface area (Å²) in [5, 5.41) is 1.22. The molecular weight excluding hydrogens is 212 g/mol. The Labute approximate surface area is 84.2 Å². The molecule has 0 spiro atoms. The summed E-state index contributed by atoms with van der Waals surface area (Å²) in [5.74, 6) is 3.29. The minimum Gasteiger partial charge on any atom is -0.0928 e. The summed E-state index contributed by atoms with van der Waals surface area (Å²) in [7, 11) is 0.